The molecule has 1 fully saturated rings. The number of rotatable bonds is 6. The van der Waals surface area contributed by atoms with Crippen LogP contribution in [0.1, 0.15) is 18.4 Å². The molecule has 0 spiro atoms. The summed E-state index contributed by atoms with van der Waals surface area (Å²) >= 11 is 0. The van der Waals surface area contributed by atoms with Crippen LogP contribution in [0.4, 0.5) is 11.4 Å². The number of amides is 1. The summed E-state index contributed by atoms with van der Waals surface area (Å²) in [5, 5.41) is 2.90. The van der Waals surface area contributed by atoms with Gasteiger partial charge in [0, 0.05) is 24.8 Å². The average Bonchev–Trinajstić information content (AvgIpc) is 3.17. The first-order chi connectivity index (χ1) is 12.2. The maximum Gasteiger partial charge on any atom is 0.228 e. The molecule has 132 valence electrons. The minimum absolute atomic E-state index is 0.0719. The topological polar surface area (TPSA) is 50.8 Å². The Bertz CT molecular complexity index is 722. The number of methoxy groups -OCH3 is 2. The van der Waals surface area contributed by atoms with E-state index in [0.29, 0.717) is 23.6 Å². The Labute approximate surface area is 148 Å². The molecule has 0 aliphatic carbocycles. The van der Waals surface area contributed by atoms with Crippen molar-refractivity contribution in [3.63, 3.8) is 0 Å². The number of hydrogen-bond acceptors (Lipinski definition) is 4. The summed E-state index contributed by atoms with van der Waals surface area (Å²) in [5.74, 6) is 1.20. The quantitative estimate of drug-likeness (QED) is 0.875. The lowest BCUT2D eigenvalue weighted by Crippen LogP contribution is -2.18. The second-order valence-corrected chi connectivity index (χ2v) is 6.15. The minimum Gasteiger partial charge on any atom is -0.497 e. The summed E-state index contributed by atoms with van der Waals surface area (Å²) in [6.45, 7) is 2.24. The van der Waals surface area contributed by atoms with Crippen LogP contribution in [-0.2, 0) is 11.2 Å². The monoisotopic (exact) mass is 340 g/mol. The zero-order valence-electron chi connectivity index (χ0n) is 14.7. The van der Waals surface area contributed by atoms with Crippen LogP contribution in [0.2, 0.25) is 0 Å². The zero-order valence-corrected chi connectivity index (χ0v) is 14.7. The van der Waals surface area contributed by atoms with E-state index < -0.39 is 0 Å². The third kappa shape index (κ3) is 4.24. The van der Waals surface area contributed by atoms with Crippen molar-refractivity contribution >= 4 is 17.3 Å². The van der Waals surface area contributed by atoms with Crippen molar-refractivity contribution in [2.45, 2.75) is 19.3 Å². The Kier molecular flexibility index (Phi) is 5.43. The molecule has 1 saturated heterocycles. The number of nitrogens with zero attached hydrogens (tertiary/aromatic N) is 1. The number of ether oxygens (including phenoxy) is 2. The molecule has 2 aromatic carbocycles. The summed E-state index contributed by atoms with van der Waals surface area (Å²) in [5.41, 5.74) is 2.87. The van der Waals surface area contributed by atoms with E-state index in [1.165, 1.54) is 18.5 Å². The van der Waals surface area contributed by atoms with E-state index in [1.54, 1.807) is 32.4 Å². The summed E-state index contributed by atoms with van der Waals surface area (Å²) in [7, 11) is 3.17. The van der Waals surface area contributed by atoms with Crippen molar-refractivity contribution < 1.29 is 14.3 Å². The van der Waals surface area contributed by atoms with Crippen molar-refractivity contribution in [2.24, 2.45) is 0 Å². The molecular weight excluding hydrogens is 316 g/mol. The average molecular weight is 340 g/mol. The molecule has 5 nitrogen and oxygen atoms in total. The molecular formula is C20H24N2O3. The summed E-state index contributed by atoms with van der Waals surface area (Å²) in [4.78, 5) is 14.7. The molecule has 2 aromatic rings. The predicted molar refractivity (Wildman–Crippen MR) is 99.8 cm³/mol. The predicted octanol–water partition coefficient (Wildman–Crippen LogP) is 3.49. The largest absolute Gasteiger partial charge is 0.497 e. The molecule has 0 bridgehead atoms. The molecule has 25 heavy (non-hydrogen) atoms. The Balaban J connectivity index is 1.62. The molecule has 1 amide bonds. The summed E-state index contributed by atoms with van der Waals surface area (Å²) in [6, 6.07) is 13.6. The molecule has 1 aliphatic rings. The van der Waals surface area contributed by atoms with Crippen molar-refractivity contribution in [2.75, 3.05) is 37.5 Å². The van der Waals surface area contributed by atoms with E-state index in [4.69, 9.17) is 9.47 Å². The van der Waals surface area contributed by atoms with E-state index in [2.05, 4.69) is 22.3 Å². The van der Waals surface area contributed by atoms with Crippen LogP contribution in [0, 0.1) is 0 Å². The van der Waals surface area contributed by atoms with E-state index in [1.807, 2.05) is 12.1 Å². The smallest absolute Gasteiger partial charge is 0.228 e. The lowest BCUT2D eigenvalue weighted by molar-refractivity contribution is -0.115. The van der Waals surface area contributed by atoms with Gasteiger partial charge in [-0.05, 0) is 42.7 Å². The molecule has 3 rings (SSSR count). The maximum absolute atomic E-state index is 12.3. The highest BCUT2D eigenvalue weighted by atomic mass is 16.5. The molecule has 1 aliphatic heterocycles. The van der Waals surface area contributed by atoms with Gasteiger partial charge in [0.15, 0.2) is 0 Å². The highest BCUT2D eigenvalue weighted by molar-refractivity contribution is 5.93. The number of anilines is 2. The van der Waals surface area contributed by atoms with Crippen LogP contribution in [0.25, 0.3) is 0 Å². The van der Waals surface area contributed by atoms with Gasteiger partial charge in [-0.1, -0.05) is 12.1 Å². The number of nitrogens with one attached hydrogen (secondary N) is 1. The molecule has 0 aromatic heterocycles. The zero-order chi connectivity index (χ0) is 17.6. The molecule has 0 saturated carbocycles. The number of hydrogen-bond donors (Lipinski definition) is 1. The van der Waals surface area contributed by atoms with Gasteiger partial charge >= 0.3 is 0 Å². The van der Waals surface area contributed by atoms with Gasteiger partial charge in [0.05, 0.1) is 26.3 Å². The van der Waals surface area contributed by atoms with Crippen molar-refractivity contribution in [3.05, 3.63) is 48.0 Å². The fourth-order valence-corrected chi connectivity index (χ4v) is 3.08. The Morgan fingerprint density at radius 2 is 1.76 bits per heavy atom. The fraction of sp³-hybridized carbons (Fsp3) is 0.350. The standard InChI is InChI=1S/C20H24N2O3/c1-24-17-9-10-18(19(14-17)25-2)21-20(23)13-15-5-7-16(8-6-15)22-11-3-4-12-22/h5-10,14H,3-4,11-13H2,1-2H3,(H,21,23). The van der Waals surface area contributed by atoms with E-state index in [-0.39, 0.29) is 5.91 Å². The Morgan fingerprint density at radius 1 is 1.04 bits per heavy atom. The number of benzene rings is 2. The minimum atomic E-state index is -0.0719. The van der Waals surface area contributed by atoms with E-state index in [0.717, 1.165) is 18.7 Å². The number of carbonyl (C=O) groups is 1. The van der Waals surface area contributed by atoms with Crippen LogP contribution in [0.3, 0.4) is 0 Å². The SMILES string of the molecule is COc1ccc(NC(=O)Cc2ccc(N3CCCC3)cc2)c(OC)c1. The third-order valence-electron chi connectivity index (χ3n) is 4.46. The van der Waals surface area contributed by atoms with Crippen molar-refractivity contribution in [1.29, 1.82) is 0 Å². The van der Waals surface area contributed by atoms with E-state index in [9.17, 15) is 4.79 Å². The molecule has 0 unspecified atom stereocenters. The second-order valence-electron chi connectivity index (χ2n) is 6.15. The van der Waals surface area contributed by atoms with Crippen LogP contribution in [0.5, 0.6) is 11.5 Å². The second kappa shape index (κ2) is 7.92. The van der Waals surface area contributed by atoms with E-state index >= 15 is 0 Å². The van der Waals surface area contributed by atoms with Crippen LogP contribution >= 0.6 is 0 Å². The normalized spacial score (nSPS) is 13.6. The molecule has 0 radical (unpaired) electrons. The van der Waals surface area contributed by atoms with Gasteiger partial charge < -0.3 is 19.7 Å². The van der Waals surface area contributed by atoms with Gasteiger partial charge in [-0.25, -0.2) is 0 Å². The Hall–Kier alpha value is -2.69. The van der Waals surface area contributed by atoms with Crippen LogP contribution in [-0.4, -0.2) is 33.2 Å². The van der Waals surface area contributed by atoms with Gasteiger partial charge in [0.25, 0.3) is 0 Å². The van der Waals surface area contributed by atoms with Crippen LogP contribution < -0.4 is 19.7 Å². The fourth-order valence-electron chi connectivity index (χ4n) is 3.08. The van der Waals surface area contributed by atoms with Gasteiger partial charge in [-0.15, -0.1) is 0 Å². The van der Waals surface area contributed by atoms with Gasteiger partial charge in [-0.3, -0.25) is 4.79 Å². The lowest BCUT2D eigenvalue weighted by Gasteiger charge is -2.17. The molecule has 5 heteroatoms. The van der Waals surface area contributed by atoms with Gasteiger partial charge in [0.1, 0.15) is 11.5 Å². The summed E-state index contributed by atoms with van der Waals surface area (Å²) in [6.07, 6.45) is 2.84. The maximum atomic E-state index is 12.3. The number of carbonyl (C=O) groups excluding carboxylic acids is 1. The highest BCUT2D eigenvalue weighted by Gasteiger charge is 2.13. The highest BCUT2D eigenvalue weighted by Crippen LogP contribution is 2.29. The molecule has 0 atom stereocenters. The van der Waals surface area contributed by atoms with Crippen LogP contribution in [0.15, 0.2) is 42.5 Å². The van der Waals surface area contributed by atoms with Crippen molar-refractivity contribution in [3.8, 4) is 11.5 Å². The third-order valence-corrected chi connectivity index (χ3v) is 4.46. The van der Waals surface area contributed by atoms with Gasteiger partial charge in [0.2, 0.25) is 5.91 Å². The summed E-state index contributed by atoms with van der Waals surface area (Å²) < 4.78 is 10.5. The lowest BCUT2D eigenvalue weighted by atomic mass is 10.1. The van der Waals surface area contributed by atoms with Gasteiger partial charge in [-0.2, -0.15) is 0 Å². The molecule has 1 heterocycles. The molecule has 1 N–H and O–H groups in total. The first-order valence-corrected chi connectivity index (χ1v) is 8.55. The van der Waals surface area contributed by atoms with Crippen molar-refractivity contribution in [1.82, 2.24) is 0 Å². The first kappa shape index (κ1) is 17.1. The Morgan fingerprint density at radius 3 is 2.40 bits per heavy atom. The first-order valence-electron chi connectivity index (χ1n) is 8.55.